The van der Waals surface area contributed by atoms with Gasteiger partial charge < -0.3 is 19.4 Å². The summed E-state index contributed by atoms with van der Waals surface area (Å²) in [6.45, 7) is 1.69. The first kappa shape index (κ1) is 9.25. The van der Waals surface area contributed by atoms with Crippen LogP contribution in [0.2, 0.25) is 0 Å². The van der Waals surface area contributed by atoms with Crippen LogP contribution in [0.4, 0.5) is 0 Å². The van der Waals surface area contributed by atoms with Gasteiger partial charge in [-0.05, 0) is 24.6 Å². The lowest BCUT2D eigenvalue weighted by Crippen LogP contribution is -2.01. The van der Waals surface area contributed by atoms with Crippen LogP contribution < -0.4 is 10.4 Å². The summed E-state index contributed by atoms with van der Waals surface area (Å²) in [5.74, 6) is -0.615. The quantitative estimate of drug-likeness (QED) is 0.527. The van der Waals surface area contributed by atoms with E-state index in [1.807, 2.05) is 0 Å². The maximum absolute atomic E-state index is 12.1. The van der Waals surface area contributed by atoms with E-state index < -0.39 is 18.4 Å². The third-order valence-electron chi connectivity index (χ3n) is 3.17. The van der Waals surface area contributed by atoms with Gasteiger partial charge in [0.1, 0.15) is 28.2 Å². The number of rotatable bonds is 1. The molecule has 0 saturated heterocycles. The second-order valence-corrected chi connectivity index (χ2v) is 4.49. The average molecular weight is 275 g/mol. The Balaban J connectivity index is 2.45. The fourth-order valence-corrected chi connectivity index (χ4v) is 2.38. The first-order valence-corrected chi connectivity index (χ1v) is 5.78. The third-order valence-corrected chi connectivity index (χ3v) is 3.17. The van der Waals surface area contributed by atoms with Crippen molar-refractivity contribution >= 4 is 21.7 Å². The highest BCUT2D eigenvalue weighted by atomic mass is 16.5. The largest absolute Gasteiger partial charge is 0.508 e. The third kappa shape index (κ3) is 1.67. The second kappa shape index (κ2) is 4.16. The molecule has 2 N–H and O–H groups in total. The van der Waals surface area contributed by atoms with Gasteiger partial charge in [-0.15, -0.1) is 0 Å². The number of phenolic OH excluding ortho intramolecular Hbond substituents is 2. The first-order valence-electron chi connectivity index (χ1n) is 7.28. The van der Waals surface area contributed by atoms with E-state index in [0.717, 1.165) is 6.07 Å². The van der Waals surface area contributed by atoms with Gasteiger partial charge in [0.05, 0.1) is 11.2 Å². The number of hydrogen-bond donors (Lipinski definition) is 2. The molecule has 20 heavy (non-hydrogen) atoms. The molecule has 0 bridgehead atoms. The smallest absolute Gasteiger partial charge is 0.347 e. The molecule has 5 heteroatoms. The van der Waals surface area contributed by atoms with Gasteiger partial charge in [-0.3, -0.25) is 0 Å². The molecule has 1 heterocycles. The summed E-state index contributed by atoms with van der Waals surface area (Å²) < 4.78 is 31.4. The molecular weight excluding hydrogens is 260 g/mol. The summed E-state index contributed by atoms with van der Waals surface area (Å²) in [5, 5.41) is 20.4. The molecule has 0 aliphatic heterocycles. The lowest BCUT2D eigenvalue weighted by Gasteiger charge is -2.09. The lowest BCUT2D eigenvalue weighted by atomic mass is 10.0. The molecule has 0 aliphatic rings. The highest BCUT2D eigenvalue weighted by Crippen LogP contribution is 2.35. The standard InChI is InChI=1S/C15H12O5/c1-7-3-8(16)4-12-13(7)10-5-9(19-2)6-11(17)14(10)15(18)20-12/h3-6,16-17H,1-2H3/i2D3. The molecule has 2 aromatic carbocycles. The first-order chi connectivity index (χ1) is 10.7. The number of hydrogen-bond acceptors (Lipinski definition) is 5. The number of fused-ring (bicyclic) bond motifs is 3. The van der Waals surface area contributed by atoms with E-state index in [1.54, 1.807) is 6.92 Å². The summed E-state index contributed by atoms with van der Waals surface area (Å²) in [7, 11) is -2.69. The molecule has 0 radical (unpaired) electrons. The van der Waals surface area contributed by atoms with Gasteiger partial charge in [0.15, 0.2) is 0 Å². The van der Waals surface area contributed by atoms with Gasteiger partial charge in [0, 0.05) is 22.9 Å². The van der Waals surface area contributed by atoms with Crippen LogP contribution in [-0.2, 0) is 0 Å². The Hall–Kier alpha value is -2.69. The number of phenols is 2. The minimum Gasteiger partial charge on any atom is -0.508 e. The predicted molar refractivity (Wildman–Crippen MR) is 74.6 cm³/mol. The topological polar surface area (TPSA) is 79.9 Å². The van der Waals surface area contributed by atoms with Gasteiger partial charge in [-0.1, -0.05) is 0 Å². The summed E-state index contributed by atoms with van der Waals surface area (Å²) in [5.41, 5.74) is -0.0694. The zero-order valence-corrected chi connectivity index (χ0v) is 10.4. The number of aryl methyl sites for hydroxylation is 1. The zero-order chi connectivity index (χ0) is 16.9. The van der Waals surface area contributed by atoms with Crippen LogP contribution in [-0.4, -0.2) is 17.3 Å². The van der Waals surface area contributed by atoms with Crippen LogP contribution in [0, 0.1) is 6.92 Å². The van der Waals surface area contributed by atoms with E-state index >= 15 is 0 Å². The molecule has 0 amide bonds. The van der Waals surface area contributed by atoms with E-state index in [4.69, 9.17) is 13.3 Å². The van der Waals surface area contributed by atoms with Crippen molar-refractivity contribution in [1.29, 1.82) is 0 Å². The van der Waals surface area contributed by atoms with Crippen molar-refractivity contribution in [2.45, 2.75) is 6.92 Å². The minimum absolute atomic E-state index is 0.0726. The van der Waals surface area contributed by atoms with Gasteiger partial charge in [-0.2, -0.15) is 0 Å². The molecule has 0 spiro atoms. The highest BCUT2D eigenvalue weighted by Gasteiger charge is 2.15. The van der Waals surface area contributed by atoms with E-state index in [-0.39, 0.29) is 27.9 Å². The van der Waals surface area contributed by atoms with E-state index in [0.29, 0.717) is 10.9 Å². The van der Waals surface area contributed by atoms with Gasteiger partial charge in [-0.25, -0.2) is 4.79 Å². The SMILES string of the molecule is [2H]C([2H])([2H])Oc1cc(O)c2c(=O)oc3cc(O)cc(C)c3c2c1. The number of methoxy groups -OCH3 is 1. The Kier molecular flexibility index (Phi) is 1.92. The van der Waals surface area contributed by atoms with Crippen LogP contribution in [0.5, 0.6) is 17.2 Å². The Morgan fingerprint density at radius 2 is 2.00 bits per heavy atom. The number of aromatic hydroxyl groups is 2. The van der Waals surface area contributed by atoms with Crippen molar-refractivity contribution in [3.63, 3.8) is 0 Å². The highest BCUT2D eigenvalue weighted by molar-refractivity contribution is 6.08. The van der Waals surface area contributed by atoms with Gasteiger partial charge in [0.2, 0.25) is 0 Å². The van der Waals surface area contributed by atoms with Crippen LogP contribution in [0.1, 0.15) is 9.68 Å². The monoisotopic (exact) mass is 275 g/mol. The maximum Gasteiger partial charge on any atom is 0.347 e. The van der Waals surface area contributed by atoms with E-state index in [1.165, 1.54) is 18.2 Å². The Labute approximate surface area is 117 Å². The minimum atomic E-state index is -2.69. The zero-order valence-electron chi connectivity index (χ0n) is 13.4. The average Bonchev–Trinajstić information content (AvgIpc) is 2.34. The molecule has 102 valence electrons. The summed E-state index contributed by atoms with van der Waals surface area (Å²) in [6, 6.07) is 5.14. The van der Waals surface area contributed by atoms with Gasteiger partial charge >= 0.3 is 5.63 Å². The van der Waals surface area contributed by atoms with Crippen LogP contribution in [0.25, 0.3) is 21.7 Å². The number of ether oxygens (including phenoxy) is 1. The molecule has 0 atom stereocenters. The molecule has 0 unspecified atom stereocenters. The molecule has 5 nitrogen and oxygen atoms in total. The molecule has 1 aromatic heterocycles. The van der Waals surface area contributed by atoms with Crippen molar-refractivity contribution in [3.8, 4) is 17.2 Å². The number of benzene rings is 2. The summed E-state index contributed by atoms with van der Waals surface area (Å²) >= 11 is 0. The van der Waals surface area contributed by atoms with Crippen molar-refractivity contribution in [3.05, 3.63) is 40.2 Å². The second-order valence-electron chi connectivity index (χ2n) is 4.49. The van der Waals surface area contributed by atoms with E-state index in [9.17, 15) is 15.0 Å². The summed E-state index contributed by atoms with van der Waals surface area (Å²) in [4.78, 5) is 12.1. The van der Waals surface area contributed by atoms with E-state index in [2.05, 4.69) is 0 Å². The lowest BCUT2D eigenvalue weighted by molar-refractivity contribution is 0.409. The molecular formula is C15H12O5. The van der Waals surface area contributed by atoms with Crippen LogP contribution in [0.15, 0.2) is 33.5 Å². The Morgan fingerprint density at radius 1 is 1.20 bits per heavy atom. The normalized spacial score (nSPS) is 13.9. The molecule has 3 rings (SSSR count). The molecule has 0 aliphatic carbocycles. The predicted octanol–water partition coefficient (Wildman–Crippen LogP) is 2.67. The summed E-state index contributed by atoms with van der Waals surface area (Å²) in [6.07, 6.45) is 0. The molecule has 0 fully saturated rings. The fourth-order valence-electron chi connectivity index (χ4n) is 2.38. The Bertz CT molecular complexity index is 988. The van der Waals surface area contributed by atoms with Crippen molar-refractivity contribution in [2.24, 2.45) is 0 Å². The molecule has 0 saturated carbocycles. The van der Waals surface area contributed by atoms with Crippen molar-refractivity contribution in [1.82, 2.24) is 0 Å². The fraction of sp³-hybridized carbons (Fsp3) is 0.133. The molecule has 3 aromatic rings. The Morgan fingerprint density at radius 3 is 2.75 bits per heavy atom. The van der Waals surface area contributed by atoms with Gasteiger partial charge in [0.25, 0.3) is 0 Å². The van der Waals surface area contributed by atoms with Crippen LogP contribution in [0.3, 0.4) is 0 Å². The maximum atomic E-state index is 12.1. The van der Waals surface area contributed by atoms with Crippen LogP contribution >= 0.6 is 0 Å². The van der Waals surface area contributed by atoms with Crippen molar-refractivity contribution in [2.75, 3.05) is 7.04 Å². The van der Waals surface area contributed by atoms with Crippen molar-refractivity contribution < 1.29 is 23.5 Å².